The summed E-state index contributed by atoms with van der Waals surface area (Å²) in [5.41, 5.74) is 2.07. The number of urea groups is 1. The van der Waals surface area contributed by atoms with E-state index in [0.29, 0.717) is 6.54 Å². The van der Waals surface area contributed by atoms with Gasteiger partial charge in [-0.25, -0.2) is 14.8 Å². The van der Waals surface area contributed by atoms with Crippen LogP contribution in [0.25, 0.3) is 11.1 Å². The highest BCUT2D eigenvalue weighted by Gasteiger charge is 2.22. The summed E-state index contributed by atoms with van der Waals surface area (Å²) >= 11 is 0. The smallest absolute Gasteiger partial charge is 0.317 e. The van der Waals surface area contributed by atoms with Gasteiger partial charge in [0.1, 0.15) is 6.33 Å². The lowest BCUT2D eigenvalue weighted by molar-refractivity contribution is 0.0476. The Labute approximate surface area is 148 Å². The molecule has 134 valence electrons. The van der Waals surface area contributed by atoms with Gasteiger partial charge in [-0.3, -0.25) is 0 Å². The zero-order valence-electron chi connectivity index (χ0n) is 15.2. The number of benzene rings is 1. The lowest BCUT2D eigenvalue weighted by atomic mass is 10.0. The molecule has 1 atom stereocenters. The first-order valence-corrected chi connectivity index (χ1v) is 8.43. The van der Waals surface area contributed by atoms with Gasteiger partial charge in [0.25, 0.3) is 0 Å². The molecule has 1 aromatic heterocycles. The predicted octanol–water partition coefficient (Wildman–Crippen LogP) is 3.01. The van der Waals surface area contributed by atoms with Crippen molar-refractivity contribution in [1.82, 2.24) is 20.2 Å². The molecule has 2 rings (SSSR count). The highest BCUT2D eigenvalue weighted by Crippen LogP contribution is 2.21. The third-order valence-electron chi connectivity index (χ3n) is 3.89. The molecule has 0 spiro atoms. The average molecular weight is 342 g/mol. The second-order valence-corrected chi connectivity index (χ2v) is 6.75. The van der Waals surface area contributed by atoms with E-state index in [4.69, 9.17) is 0 Å². The summed E-state index contributed by atoms with van der Waals surface area (Å²) < 4.78 is 0. The molecular weight excluding hydrogens is 316 g/mol. The number of carbonyl (C=O) groups excluding carboxylic acids is 1. The molecule has 0 fully saturated rings. The van der Waals surface area contributed by atoms with E-state index in [2.05, 4.69) is 15.3 Å². The third kappa shape index (κ3) is 5.53. The van der Waals surface area contributed by atoms with E-state index >= 15 is 0 Å². The minimum Gasteiger partial charge on any atom is -0.389 e. The zero-order valence-corrected chi connectivity index (χ0v) is 15.2. The lowest BCUT2D eigenvalue weighted by Gasteiger charge is -2.29. The summed E-state index contributed by atoms with van der Waals surface area (Å²) in [5, 5.41) is 12.9. The van der Waals surface area contributed by atoms with E-state index < -0.39 is 5.60 Å². The van der Waals surface area contributed by atoms with Crippen molar-refractivity contribution in [3.63, 3.8) is 0 Å². The second kappa shape index (κ2) is 8.07. The van der Waals surface area contributed by atoms with Crippen LogP contribution in [0.2, 0.25) is 0 Å². The molecule has 0 radical (unpaired) electrons. The molecule has 0 bridgehead atoms. The van der Waals surface area contributed by atoms with E-state index in [0.717, 1.165) is 16.7 Å². The molecule has 0 aliphatic carbocycles. The first-order chi connectivity index (χ1) is 11.8. The van der Waals surface area contributed by atoms with E-state index in [-0.39, 0.29) is 18.6 Å². The van der Waals surface area contributed by atoms with E-state index in [9.17, 15) is 9.90 Å². The Kier molecular flexibility index (Phi) is 6.09. The van der Waals surface area contributed by atoms with Crippen molar-refractivity contribution < 1.29 is 9.90 Å². The van der Waals surface area contributed by atoms with Crippen LogP contribution in [0.3, 0.4) is 0 Å². The Morgan fingerprint density at radius 1 is 1.20 bits per heavy atom. The Balaban J connectivity index is 2.03. The minimum atomic E-state index is -0.921. The highest BCUT2D eigenvalue weighted by molar-refractivity contribution is 5.74. The predicted molar refractivity (Wildman–Crippen MR) is 98.0 cm³/mol. The van der Waals surface area contributed by atoms with Gasteiger partial charge in [-0.1, -0.05) is 24.3 Å². The molecule has 0 saturated carbocycles. The van der Waals surface area contributed by atoms with Crippen LogP contribution in [-0.4, -0.2) is 44.7 Å². The van der Waals surface area contributed by atoms with Gasteiger partial charge in [-0.05, 0) is 38.8 Å². The molecule has 0 aliphatic heterocycles. The molecule has 2 N–H and O–H groups in total. The molecule has 0 saturated heterocycles. The summed E-state index contributed by atoms with van der Waals surface area (Å²) in [6.07, 6.45) is 5.04. The number of carbonyl (C=O) groups is 1. The van der Waals surface area contributed by atoms with E-state index in [1.165, 1.54) is 6.33 Å². The fourth-order valence-corrected chi connectivity index (χ4v) is 2.57. The maximum Gasteiger partial charge on any atom is 0.317 e. The van der Waals surface area contributed by atoms with Crippen LogP contribution < -0.4 is 5.32 Å². The molecule has 2 amide bonds. The number of nitrogens with zero attached hydrogens (tertiary/aromatic N) is 3. The van der Waals surface area contributed by atoms with Gasteiger partial charge in [0, 0.05) is 24.5 Å². The van der Waals surface area contributed by atoms with Crippen molar-refractivity contribution in [1.29, 1.82) is 0 Å². The van der Waals surface area contributed by atoms with Gasteiger partial charge in [0.15, 0.2) is 0 Å². The molecule has 25 heavy (non-hydrogen) atoms. The number of likely N-dealkylation sites (N-methyl/N-ethyl adjacent to an activating group) is 1. The van der Waals surface area contributed by atoms with Crippen molar-refractivity contribution in [2.45, 2.75) is 39.3 Å². The quantitative estimate of drug-likeness (QED) is 0.846. The van der Waals surface area contributed by atoms with Crippen LogP contribution >= 0.6 is 0 Å². The fourth-order valence-electron chi connectivity index (χ4n) is 2.57. The fraction of sp³-hybridized carbons (Fsp3) is 0.421. The monoisotopic (exact) mass is 342 g/mol. The summed E-state index contributed by atoms with van der Waals surface area (Å²) in [6, 6.07) is 7.64. The van der Waals surface area contributed by atoms with Gasteiger partial charge in [-0.2, -0.15) is 0 Å². The molecule has 1 aromatic carbocycles. The zero-order chi connectivity index (χ0) is 18.4. The molecule has 0 aliphatic rings. The van der Waals surface area contributed by atoms with E-state index in [1.54, 1.807) is 31.1 Å². The number of aromatic nitrogens is 2. The van der Waals surface area contributed by atoms with Crippen molar-refractivity contribution in [2.24, 2.45) is 0 Å². The van der Waals surface area contributed by atoms with Crippen LogP contribution in [0.4, 0.5) is 4.79 Å². The van der Waals surface area contributed by atoms with Gasteiger partial charge in [-0.15, -0.1) is 0 Å². The molecule has 6 heteroatoms. The topological polar surface area (TPSA) is 78.4 Å². The third-order valence-corrected chi connectivity index (χ3v) is 3.89. The number of amides is 2. The molecule has 6 nitrogen and oxygen atoms in total. The summed E-state index contributed by atoms with van der Waals surface area (Å²) in [5.74, 6) is 0. The first kappa shape index (κ1) is 18.9. The maximum absolute atomic E-state index is 12.4. The average Bonchev–Trinajstić information content (AvgIpc) is 2.59. The number of rotatable bonds is 6. The lowest BCUT2D eigenvalue weighted by Crippen LogP contribution is -2.47. The van der Waals surface area contributed by atoms with Crippen LogP contribution in [0, 0.1) is 0 Å². The Morgan fingerprint density at radius 3 is 2.32 bits per heavy atom. The molecule has 2 aromatic rings. The Bertz CT molecular complexity index is 681. The van der Waals surface area contributed by atoms with Crippen LogP contribution in [0.1, 0.15) is 39.3 Å². The van der Waals surface area contributed by atoms with Crippen molar-refractivity contribution >= 4 is 6.03 Å². The summed E-state index contributed by atoms with van der Waals surface area (Å²) in [6.45, 7) is 8.05. The Hall–Kier alpha value is -2.47. The van der Waals surface area contributed by atoms with Crippen LogP contribution in [-0.2, 0) is 0 Å². The highest BCUT2D eigenvalue weighted by atomic mass is 16.3. The number of aliphatic hydroxyl groups is 1. The number of nitrogens with one attached hydrogen (secondary N) is 1. The summed E-state index contributed by atoms with van der Waals surface area (Å²) in [7, 11) is 0. The van der Waals surface area contributed by atoms with E-state index in [1.807, 2.05) is 38.1 Å². The normalized spacial score (nSPS) is 12.5. The standard InChI is InChI=1S/C19H26N4O2/c1-5-23(12-19(3,4)25)18(24)22-14(2)15-6-8-16(9-7-15)17-10-20-13-21-11-17/h6-11,13-14,25H,5,12H2,1-4H3,(H,22,24). The van der Waals surface area contributed by atoms with Crippen molar-refractivity contribution in [2.75, 3.05) is 13.1 Å². The van der Waals surface area contributed by atoms with Gasteiger partial charge in [0.05, 0.1) is 18.2 Å². The maximum atomic E-state index is 12.4. The number of hydrogen-bond donors (Lipinski definition) is 2. The minimum absolute atomic E-state index is 0.135. The number of hydrogen-bond acceptors (Lipinski definition) is 4. The summed E-state index contributed by atoms with van der Waals surface area (Å²) in [4.78, 5) is 22.1. The SMILES string of the molecule is CCN(CC(C)(C)O)C(=O)NC(C)c1ccc(-c2cncnc2)cc1. The first-order valence-electron chi connectivity index (χ1n) is 8.43. The van der Waals surface area contributed by atoms with Gasteiger partial charge < -0.3 is 15.3 Å². The van der Waals surface area contributed by atoms with Crippen molar-refractivity contribution in [3.05, 3.63) is 48.5 Å². The van der Waals surface area contributed by atoms with Gasteiger partial charge >= 0.3 is 6.03 Å². The van der Waals surface area contributed by atoms with Crippen molar-refractivity contribution in [3.8, 4) is 11.1 Å². The molecular formula is C19H26N4O2. The van der Waals surface area contributed by atoms with Gasteiger partial charge in [0.2, 0.25) is 0 Å². The Morgan fingerprint density at radius 2 is 1.80 bits per heavy atom. The molecule has 1 unspecified atom stereocenters. The van der Waals surface area contributed by atoms with Crippen LogP contribution in [0.15, 0.2) is 43.0 Å². The molecule has 1 heterocycles. The largest absolute Gasteiger partial charge is 0.389 e. The van der Waals surface area contributed by atoms with Crippen LogP contribution in [0.5, 0.6) is 0 Å². The second-order valence-electron chi connectivity index (χ2n) is 6.75.